The highest BCUT2D eigenvalue weighted by Crippen LogP contribution is 2.79. The summed E-state index contributed by atoms with van der Waals surface area (Å²) in [5, 5.41) is 28.4. The van der Waals surface area contributed by atoms with E-state index >= 15 is 0 Å². The lowest BCUT2D eigenvalue weighted by Crippen LogP contribution is -2.83. The van der Waals surface area contributed by atoms with Crippen LogP contribution in [-0.4, -0.2) is 103 Å². The summed E-state index contributed by atoms with van der Waals surface area (Å²) in [6, 6.07) is 6.89. The number of anilines is 1. The SMILES string of the molecule is CCN1C[C@]2(OC(=O)c3ccccc3NC(C)=O)CC[C@H](OC)[C@]34[C@H]1[C@H](C[C@@H]23)[C@@]1(O)C[C@H](OC)[C@H]2C[C@@H]4[C@@]1(O)[C@H]2OC. The zero-order valence-corrected chi connectivity index (χ0v) is 25.2. The summed E-state index contributed by atoms with van der Waals surface area (Å²) < 4.78 is 25.1. The largest absolute Gasteiger partial charge is 0.454 e. The van der Waals surface area contributed by atoms with Crippen LogP contribution in [0.4, 0.5) is 5.69 Å². The Kier molecular flexibility index (Phi) is 6.46. The fraction of sp³-hybridized carbons (Fsp3) is 0.750. The van der Waals surface area contributed by atoms with E-state index in [1.165, 1.54) is 6.92 Å². The molecule has 1 aromatic carbocycles. The first-order valence-corrected chi connectivity index (χ1v) is 15.4. The summed E-state index contributed by atoms with van der Waals surface area (Å²) >= 11 is 0. The second kappa shape index (κ2) is 9.46. The number of likely N-dealkylation sites (N-methyl/N-ethyl adjacent to an activating group) is 1. The minimum absolute atomic E-state index is 0.0432. The summed E-state index contributed by atoms with van der Waals surface area (Å²) in [6.45, 7) is 4.79. The van der Waals surface area contributed by atoms with Gasteiger partial charge in [0, 0.05) is 76.3 Å². The minimum Gasteiger partial charge on any atom is -0.454 e. The molecule has 10 heteroatoms. The molecule has 1 amide bonds. The van der Waals surface area contributed by atoms with Crippen LogP contribution < -0.4 is 5.32 Å². The van der Waals surface area contributed by atoms with Crippen LogP contribution in [0.15, 0.2) is 24.3 Å². The average molecular weight is 585 g/mol. The predicted molar refractivity (Wildman–Crippen MR) is 152 cm³/mol. The molecule has 12 atom stereocenters. The van der Waals surface area contributed by atoms with Crippen molar-refractivity contribution in [1.82, 2.24) is 4.90 Å². The molecule has 3 N–H and O–H groups in total. The van der Waals surface area contributed by atoms with E-state index in [9.17, 15) is 19.8 Å². The third-order valence-corrected chi connectivity index (χ3v) is 12.6. The minimum atomic E-state index is -1.48. The second-order valence-corrected chi connectivity index (χ2v) is 13.7. The van der Waals surface area contributed by atoms with Gasteiger partial charge in [0.15, 0.2) is 0 Å². The Hall–Kier alpha value is -2.08. The molecule has 6 aliphatic rings. The molecule has 1 heterocycles. The average Bonchev–Trinajstić information content (AvgIpc) is 3.39. The van der Waals surface area contributed by atoms with E-state index in [4.69, 9.17) is 18.9 Å². The number of carbonyl (C=O) groups excluding carboxylic acids is 2. The molecule has 10 nitrogen and oxygen atoms in total. The molecule has 230 valence electrons. The van der Waals surface area contributed by atoms with Crippen LogP contribution in [0.2, 0.25) is 0 Å². The van der Waals surface area contributed by atoms with Crippen molar-refractivity contribution in [2.45, 2.75) is 87.1 Å². The first-order valence-electron chi connectivity index (χ1n) is 15.4. The van der Waals surface area contributed by atoms with Gasteiger partial charge in [0.05, 0.1) is 29.6 Å². The molecule has 7 rings (SSSR count). The molecule has 0 aromatic heterocycles. The Balaban J connectivity index is 1.38. The summed E-state index contributed by atoms with van der Waals surface area (Å²) in [5.74, 6) is -1.54. The van der Waals surface area contributed by atoms with Gasteiger partial charge in [-0.3, -0.25) is 9.69 Å². The zero-order valence-electron chi connectivity index (χ0n) is 25.2. The molecule has 5 aliphatic carbocycles. The van der Waals surface area contributed by atoms with Crippen LogP contribution >= 0.6 is 0 Å². The van der Waals surface area contributed by atoms with E-state index < -0.39 is 34.3 Å². The van der Waals surface area contributed by atoms with Crippen molar-refractivity contribution in [3.05, 3.63) is 29.8 Å². The smallest absolute Gasteiger partial charge is 0.340 e. The van der Waals surface area contributed by atoms with E-state index in [1.54, 1.807) is 45.6 Å². The zero-order chi connectivity index (χ0) is 29.8. The second-order valence-electron chi connectivity index (χ2n) is 13.7. The highest BCUT2D eigenvalue weighted by Gasteiger charge is 2.89. The standard InChI is InChI=1S/C32H44N2O8/c1-6-34-16-29(42-28(36)18-9-7-8-10-21(18)33-17(2)35)12-11-25(40-4)31-23(29)14-20(26(31)34)30(37)15-22(39-3)19-13-24(31)32(30,38)27(19)41-5/h7-10,19-20,22-27,37-38H,6,11-16H2,1-5H3,(H,33,35)/t19-,20+,22+,23+,24+,25+,26-,27+,29-,30+,31+,32-/m1/s1. The number of rotatable bonds is 7. The summed E-state index contributed by atoms with van der Waals surface area (Å²) in [7, 11) is 5.05. The number of ether oxygens (including phenoxy) is 4. The van der Waals surface area contributed by atoms with Crippen molar-refractivity contribution in [1.29, 1.82) is 0 Å². The number of benzene rings is 1. The molecular weight excluding hydrogens is 540 g/mol. The lowest BCUT2D eigenvalue weighted by molar-refractivity contribution is -0.337. The van der Waals surface area contributed by atoms with Gasteiger partial charge in [-0.2, -0.15) is 0 Å². The number of likely N-dealkylation sites (tertiary alicyclic amines) is 1. The number of methoxy groups -OCH3 is 3. The fourth-order valence-electron chi connectivity index (χ4n) is 11.6. The third-order valence-electron chi connectivity index (χ3n) is 12.6. The monoisotopic (exact) mass is 584 g/mol. The first kappa shape index (κ1) is 28.7. The van der Waals surface area contributed by atoms with Gasteiger partial charge in [-0.15, -0.1) is 0 Å². The van der Waals surface area contributed by atoms with Gasteiger partial charge in [-0.25, -0.2) is 4.79 Å². The number of amides is 1. The van der Waals surface area contributed by atoms with E-state index in [2.05, 4.69) is 17.1 Å². The van der Waals surface area contributed by atoms with Crippen LogP contribution in [0.25, 0.3) is 0 Å². The van der Waals surface area contributed by atoms with Crippen molar-refractivity contribution in [2.24, 2.45) is 29.1 Å². The van der Waals surface area contributed by atoms with Crippen molar-refractivity contribution in [3.63, 3.8) is 0 Å². The Labute approximate surface area is 247 Å². The molecule has 1 aliphatic heterocycles. The highest BCUT2D eigenvalue weighted by molar-refractivity contribution is 6.00. The number of nitrogens with zero attached hydrogens (tertiary/aromatic N) is 1. The van der Waals surface area contributed by atoms with Crippen molar-refractivity contribution in [2.75, 3.05) is 39.7 Å². The maximum absolute atomic E-state index is 14.0. The first-order chi connectivity index (χ1) is 20.1. The molecule has 42 heavy (non-hydrogen) atoms. The summed E-state index contributed by atoms with van der Waals surface area (Å²) in [6.07, 6.45) is 1.91. The van der Waals surface area contributed by atoms with Gasteiger partial charge in [-0.1, -0.05) is 19.1 Å². The number of nitrogens with one attached hydrogen (secondary N) is 1. The Morgan fingerprint density at radius 3 is 2.50 bits per heavy atom. The van der Waals surface area contributed by atoms with Crippen molar-refractivity contribution >= 4 is 17.6 Å². The number of carbonyl (C=O) groups is 2. The van der Waals surface area contributed by atoms with Crippen LogP contribution in [-0.2, 0) is 23.7 Å². The lowest BCUT2D eigenvalue weighted by atomic mass is 9.44. The van der Waals surface area contributed by atoms with Crippen molar-refractivity contribution in [3.8, 4) is 0 Å². The molecule has 5 saturated carbocycles. The van der Waals surface area contributed by atoms with Gasteiger partial charge in [0.1, 0.15) is 16.8 Å². The molecule has 1 spiro atoms. The topological polar surface area (TPSA) is 127 Å². The van der Waals surface area contributed by atoms with Gasteiger partial charge in [-0.05, 0) is 44.4 Å². The molecule has 6 fully saturated rings. The van der Waals surface area contributed by atoms with Crippen LogP contribution in [0.3, 0.4) is 0 Å². The Morgan fingerprint density at radius 1 is 1.07 bits per heavy atom. The summed E-state index contributed by atoms with van der Waals surface area (Å²) in [4.78, 5) is 28.3. The number of esters is 1. The van der Waals surface area contributed by atoms with Crippen LogP contribution in [0.5, 0.6) is 0 Å². The third kappa shape index (κ3) is 3.21. The van der Waals surface area contributed by atoms with Crippen molar-refractivity contribution < 1.29 is 38.7 Å². The lowest BCUT2D eigenvalue weighted by Gasteiger charge is -2.70. The molecule has 7 bridgehead atoms. The quantitative estimate of drug-likeness (QED) is 0.414. The van der Waals surface area contributed by atoms with E-state index in [1.807, 2.05) is 0 Å². The molecular formula is C32H44N2O8. The number of aliphatic hydroxyl groups is 2. The summed E-state index contributed by atoms with van der Waals surface area (Å²) in [5.41, 5.74) is -3.57. The molecule has 0 unspecified atom stereocenters. The van der Waals surface area contributed by atoms with Gasteiger partial charge in [0.2, 0.25) is 5.91 Å². The van der Waals surface area contributed by atoms with E-state index in [-0.39, 0.29) is 47.8 Å². The molecule has 1 saturated heterocycles. The molecule has 1 aromatic rings. The molecule has 0 radical (unpaired) electrons. The van der Waals surface area contributed by atoms with Gasteiger partial charge < -0.3 is 34.5 Å². The van der Waals surface area contributed by atoms with Crippen LogP contribution in [0, 0.1) is 29.1 Å². The van der Waals surface area contributed by atoms with Gasteiger partial charge >= 0.3 is 5.97 Å². The van der Waals surface area contributed by atoms with Gasteiger partial charge in [0.25, 0.3) is 0 Å². The Morgan fingerprint density at radius 2 is 1.83 bits per heavy atom. The predicted octanol–water partition coefficient (Wildman–Crippen LogP) is 2.22. The number of hydrogen-bond donors (Lipinski definition) is 3. The Bertz CT molecular complexity index is 1290. The van der Waals surface area contributed by atoms with E-state index in [0.717, 1.165) is 0 Å². The number of para-hydroxylation sites is 1. The van der Waals surface area contributed by atoms with Crippen LogP contribution in [0.1, 0.15) is 56.3 Å². The fourth-order valence-corrected chi connectivity index (χ4v) is 11.6. The maximum atomic E-state index is 14.0. The van der Waals surface area contributed by atoms with E-state index in [0.29, 0.717) is 56.4 Å². The maximum Gasteiger partial charge on any atom is 0.340 e. The number of fused-ring (bicyclic) bond motifs is 2. The highest BCUT2D eigenvalue weighted by atomic mass is 16.6. The number of hydrogen-bond acceptors (Lipinski definition) is 9. The number of piperidine rings is 1. The normalized spacial score (nSPS) is 48.2.